The van der Waals surface area contributed by atoms with Crippen LogP contribution >= 0.6 is 0 Å². The van der Waals surface area contributed by atoms with Crippen LogP contribution < -0.4 is 10.1 Å². The van der Waals surface area contributed by atoms with Crippen molar-refractivity contribution in [2.45, 2.75) is 31.6 Å². The molecule has 0 aromatic heterocycles. The average Bonchev–Trinajstić information content (AvgIpc) is 2.87. The first-order valence-corrected chi connectivity index (χ1v) is 11.6. The van der Waals surface area contributed by atoms with Gasteiger partial charge in [-0.2, -0.15) is 0 Å². The van der Waals surface area contributed by atoms with Crippen molar-refractivity contribution in [2.24, 2.45) is 0 Å². The molecule has 2 aliphatic rings. The van der Waals surface area contributed by atoms with Crippen molar-refractivity contribution in [1.29, 1.82) is 0 Å². The van der Waals surface area contributed by atoms with Gasteiger partial charge in [0.1, 0.15) is 12.4 Å². The number of nitro groups is 1. The minimum absolute atomic E-state index is 0.0488. The van der Waals surface area contributed by atoms with E-state index in [4.69, 9.17) is 14.2 Å². The first kappa shape index (κ1) is 25.1. The maximum atomic E-state index is 13.6. The number of carbonyl (C=O) groups excluding carboxylic acids is 2. The normalized spacial score (nSPS) is 19.5. The van der Waals surface area contributed by atoms with E-state index in [1.165, 1.54) is 19.2 Å². The zero-order chi connectivity index (χ0) is 25.8. The molecular weight excluding hydrogens is 464 g/mol. The van der Waals surface area contributed by atoms with Crippen LogP contribution in [0.25, 0.3) is 0 Å². The zero-order valence-electron chi connectivity index (χ0n) is 20.4. The monoisotopic (exact) mass is 492 g/mol. The lowest BCUT2D eigenvalue weighted by atomic mass is 9.71. The van der Waals surface area contributed by atoms with Gasteiger partial charge in [-0.25, -0.2) is 4.79 Å². The summed E-state index contributed by atoms with van der Waals surface area (Å²) in [7, 11) is 3.10. The van der Waals surface area contributed by atoms with E-state index in [1.807, 2.05) is 24.3 Å². The third kappa shape index (κ3) is 5.01. The van der Waals surface area contributed by atoms with E-state index in [2.05, 4.69) is 5.32 Å². The number of esters is 1. The number of nitrogens with zero attached hydrogens (tertiary/aromatic N) is 1. The maximum absolute atomic E-state index is 13.6. The molecule has 0 radical (unpaired) electrons. The Hall–Kier alpha value is -3.98. The third-order valence-electron chi connectivity index (χ3n) is 6.57. The van der Waals surface area contributed by atoms with Gasteiger partial charge in [0.25, 0.3) is 5.69 Å². The van der Waals surface area contributed by atoms with Gasteiger partial charge in [0, 0.05) is 48.5 Å². The summed E-state index contributed by atoms with van der Waals surface area (Å²) in [6.45, 7) is 2.03. The van der Waals surface area contributed by atoms with Crippen LogP contribution in [0.2, 0.25) is 0 Å². The van der Waals surface area contributed by atoms with Crippen molar-refractivity contribution >= 4 is 17.4 Å². The molecule has 188 valence electrons. The predicted octanol–water partition coefficient (Wildman–Crippen LogP) is 4.15. The highest BCUT2D eigenvalue weighted by Crippen LogP contribution is 2.46. The number of hydrogen-bond donors (Lipinski definition) is 1. The Labute approximate surface area is 208 Å². The second-order valence-electron chi connectivity index (χ2n) is 8.77. The molecule has 1 heterocycles. The molecule has 1 aliphatic carbocycles. The highest BCUT2D eigenvalue weighted by atomic mass is 16.6. The molecule has 1 N–H and O–H groups in total. The molecule has 2 atom stereocenters. The summed E-state index contributed by atoms with van der Waals surface area (Å²) in [6, 6.07) is 13.7. The molecule has 0 amide bonds. The molecule has 1 aliphatic heterocycles. The molecule has 36 heavy (non-hydrogen) atoms. The Balaban J connectivity index is 1.76. The Morgan fingerprint density at radius 1 is 1.08 bits per heavy atom. The van der Waals surface area contributed by atoms with Crippen molar-refractivity contribution in [3.05, 3.63) is 92.3 Å². The van der Waals surface area contributed by atoms with Crippen LogP contribution in [0, 0.1) is 10.1 Å². The number of non-ortho nitro benzene ring substituents is 1. The Kier molecular flexibility index (Phi) is 7.49. The standard InChI is InChI=1S/C27H28N2O7/c1-16-24(27(31)36-12-11-34-2)25(18-5-4-6-20(13-18)29(32)33)26-22(28-16)14-19(15-23(26)30)17-7-9-21(35-3)10-8-17/h4-10,13,19,25,28H,11-12,14-15H2,1-3H3/t19-,25-/m0/s1. The van der Waals surface area contributed by atoms with Crippen LogP contribution in [0.5, 0.6) is 5.75 Å². The Morgan fingerprint density at radius 3 is 2.50 bits per heavy atom. The van der Waals surface area contributed by atoms with Crippen molar-refractivity contribution in [1.82, 2.24) is 5.32 Å². The molecule has 4 rings (SSSR count). The van der Waals surface area contributed by atoms with Crippen LogP contribution in [0.4, 0.5) is 5.69 Å². The third-order valence-corrected chi connectivity index (χ3v) is 6.57. The molecule has 9 heteroatoms. The molecule has 0 bridgehead atoms. The summed E-state index contributed by atoms with van der Waals surface area (Å²) in [5.41, 5.74) is 3.37. The highest BCUT2D eigenvalue weighted by Gasteiger charge is 2.41. The number of nitro benzene ring substituents is 1. The van der Waals surface area contributed by atoms with E-state index >= 15 is 0 Å². The number of allylic oxidation sites excluding steroid dienone is 3. The second-order valence-corrected chi connectivity index (χ2v) is 8.77. The van der Waals surface area contributed by atoms with Gasteiger partial charge in [0.15, 0.2) is 5.78 Å². The first-order chi connectivity index (χ1) is 17.3. The fraction of sp³-hybridized carbons (Fsp3) is 0.333. The molecule has 0 fully saturated rings. The van der Waals surface area contributed by atoms with Crippen LogP contribution in [0.15, 0.2) is 71.1 Å². The molecule has 0 spiro atoms. The number of methoxy groups -OCH3 is 2. The van der Waals surface area contributed by atoms with Gasteiger partial charge in [-0.3, -0.25) is 14.9 Å². The van der Waals surface area contributed by atoms with Gasteiger partial charge in [-0.15, -0.1) is 0 Å². The van der Waals surface area contributed by atoms with Crippen LogP contribution in [0.1, 0.15) is 42.7 Å². The number of carbonyl (C=O) groups is 2. The van der Waals surface area contributed by atoms with Crippen molar-refractivity contribution in [3.8, 4) is 5.75 Å². The number of rotatable bonds is 8. The first-order valence-electron chi connectivity index (χ1n) is 11.6. The maximum Gasteiger partial charge on any atom is 0.336 e. The van der Waals surface area contributed by atoms with Gasteiger partial charge in [-0.1, -0.05) is 24.3 Å². The number of hydrogen-bond acceptors (Lipinski definition) is 8. The summed E-state index contributed by atoms with van der Waals surface area (Å²) in [4.78, 5) is 37.8. The largest absolute Gasteiger partial charge is 0.497 e. The fourth-order valence-electron chi connectivity index (χ4n) is 4.87. The fourth-order valence-corrected chi connectivity index (χ4v) is 4.87. The number of ether oxygens (including phenoxy) is 3. The number of dihydropyridines is 1. The predicted molar refractivity (Wildman–Crippen MR) is 132 cm³/mol. The van der Waals surface area contributed by atoms with Crippen molar-refractivity contribution in [3.63, 3.8) is 0 Å². The van der Waals surface area contributed by atoms with E-state index in [1.54, 1.807) is 26.2 Å². The minimum atomic E-state index is -0.777. The zero-order valence-corrected chi connectivity index (χ0v) is 20.4. The lowest BCUT2D eigenvalue weighted by molar-refractivity contribution is -0.384. The molecule has 0 saturated carbocycles. The van der Waals surface area contributed by atoms with E-state index in [0.717, 1.165) is 17.0 Å². The number of benzene rings is 2. The lowest BCUT2D eigenvalue weighted by Gasteiger charge is -2.36. The molecule has 0 unspecified atom stereocenters. The van der Waals surface area contributed by atoms with Gasteiger partial charge in [-0.05, 0) is 42.5 Å². The number of Topliss-reactive ketones (excluding diaryl/α,β-unsaturated/α-hetero) is 1. The average molecular weight is 493 g/mol. The van der Waals surface area contributed by atoms with Crippen LogP contribution in [-0.4, -0.2) is 44.1 Å². The van der Waals surface area contributed by atoms with E-state index in [0.29, 0.717) is 23.3 Å². The SMILES string of the molecule is COCCOC(=O)C1=C(C)NC2=C(C(=O)C[C@@H](c3ccc(OC)cc3)C2)[C@H]1c1cccc([N+](=O)[O-])c1. The number of nitrogens with one attached hydrogen (secondary N) is 1. The van der Waals surface area contributed by atoms with Crippen LogP contribution in [0.3, 0.4) is 0 Å². The molecular formula is C27H28N2O7. The van der Waals surface area contributed by atoms with E-state index in [9.17, 15) is 19.7 Å². The topological polar surface area (TPSA) is 117 Å². The summed E-state index contributed by atoms with van der Waals surface area (Å²) in [5, 5.41) is 14.7. The van der Waals surface area contributed by atoms with Crippen LogP contribution in [-0.2, 0) is 19.1 Å². The van der Waals surface area contributed by atoms with Crippen molar-refractivity contribution < 1.29 is 28.7 Å². The number of ketones is 1. The summed E-state index contributed by atoms with van der Waals surface area (Å²) in [5.74, 6) is -0.803. The van der Waals surface area contributed by atoms with Gasteiger partial charge >= 0.3 is 5.97 Å². The Bertz CT molecular complexity index is 1250. The quantitative estimate of drug-likeness (QED) is 0.253. The smallest absolute Gasteiger partial charge is 0.336 e. The lowest BCUT2D eigenvalue weighted by Crippen LogP contribution is -2.36. The van der Waals surface area contributed by atoms with Crippen molar-refractivity contribution in [2.75, 3.05) is 27.4 Å². The Morgan fingerprint density at radius 2 is 1.83 bits per heavy atom. The summed E-state index contributed by atoms with van der Waals surface area (Å²) < 4.78 is 15.6. The highest BCUT2D eigenvalue weighted by molar-refractivity contribution is 6.04. The molecule has 0 saturated heterocycles. The van der Waals surface area contributed by atoms with E-state index < -0.39 is 16.8 Å². The summed E-state index contributed by atoms with van der Waals surface area (Å²) in [6.07, 6.45) is 0.811. The van der Waals surface area contributed by atoms with E-state index in [-0.39, 0.29) is 42.6 Å². The molecule has 2 aromatic carbocycles. The second kappa shape index (κ2) is 10.7. The van der Waals surface area contributed by atoms with Gasteiger partial charge in [0.2, 0.25) is 0 Å². The molecule has 2 aromatic rings. The minimum Gasteiger partial charge on any atom is -0.497 e. The molecule has 9 nitrogen and oxygen atoms in total. The van der Waals surface area contributed by atoms with Gasteiger partial charge in [0.05, 0.1) is 24.2 Å². The van der Waals surface area contributed by atoms with Gasteiger partial charge < -0.3 is 19.5 Å². The summed E-state index contributed by atoms with van der Waals surface area (Å²) >= 11 is 0.